The van der Waals surface area contributed by atoms with Crippen molar-refractivity contribution in [1.82, 2.24) is 29.9 Å². The predicted octanol–water partition coefficient (Wildman–Crippen LogP) is 4.10. The number of carbonyl (C=O) groups excluding carboxylic acids is 1. The average molecular weight is 466 g/mol. The number of nitrogens with zero attached hydrogens (tertiary/aromatic N) is 6. The van der Waals surface area contributed by atoms with Crippen LogP contribution in [-0.4, -0.2) is 54.6 Å². The number of hydrogen-bond donors (Lipinski definition) is 1. The first-order valence-corrected chi connectivity index (χ1v) is 11.9. The summed E-state index contributed by atoms with van der Waals surface area (Å²) in [6.07, 6.45) is 10.2. The first-order chi connectivity index (χ1) is 16.2. The van der Waals surface area contributed by atoms with Gasteiger partial charge in [0.05, 0.1) is 17.8 Å². The molecule has 1 aliphatic carbocycles. The van der Waals surface area contributed by atoms with Crippen LogP contribution in [-0.2, 0) is 11.2 Å². The maximum absolute atomic E-state index is 12.3. The predicted molar refractivity (Wildman–Crippen MR) is 126 cm³/mol. The molecule has 0 aromatic carbocycles. The molecule has 1 aliphatic heterocycles. The Morgan fingerprint density at radius 1 is 1.15 bits per heavy atom. The van der Waals surface area contributed by atoms with Crippen molar-refractivity contribution in [3.8, 4) is 22.6 Å². The molecule has 2 N–H and O–H groups in total. The number of aromatic nitrogens is 5. The number of hydrogen-bond acceptors (Lipinski definition) is 8. The average Bonchev–Trinajstić information content (AvgIpc) is 3.27. The fourth-order valence-electron chi connectivity index (χ4n) is 4.14. The van der Waals surface area contributed by atoms with E-state index in [9.17, 15) is 4.79 Å². The Labute approximate surface area is 198 Å². The van der Waals surface area contributed by atoms with Crippen molar-refractivity contribution < 1.29 is 13.9 Å². The standard InChI is InChI=1S/C24H31N7O3/c1-24(2,3)34-23(32)30-8-6-18(7-9-30)31-14-17(13-27-31)16-11-19(21(25)26-12-16)22-29-28-20(33-22)10-15-4-5-15/h11-15,18H,4-10H2,1-3H3,(H2,25,26). The summed E-state index contributed by atoms with van der Waals surface area (Å²) in [5.74, 6) is 2.06. The van der Waals surface area contributed by atoms with Crippen LogP contribution in [0.5, 0.6) is 0 Å². The van der Waals surface area contributed by atoms with Gasteiger partial charge in [-0.2, -0.15) is 5.10 Å². The summed E-state index contributed by atoms with van der Waals surface area (Å²) in [4.78, 5) is 18.4. The van der Waals surface area contributed by atoms with Gasteiger partial charge in [0.2, 0.25) is 5.89 Å². The Morgan fingerprint density at radius 2 is 1.91 bits per heavy atom. The monoisotopic (exact) mass is 465 g/mol. The number of ether oxygens (including phenoxy) is 1. The highest BCUT2D eigenvalue weighted by atomic mass is 16.6. The second kappa shape index (κ2) is 8.73. The zero-order valence-electron chi connectivity index (χ0n) is 19.9. The lowest BCUT2D eigenvalue weighted by Gasteiger charge is -2.33. The molecule has 4 heterocycles. The van der Waals surface area contributed by atoms with Crippen LogP contribution < -0.4 is 5.73 Å². The van der Waals surface area contributed by atoms with Crippen LogP contribution in [0.4, 0.5) is 10.6 Å². The topological polar surface area (TPSA) is 125 Å². The molecular formula is C24H31N7O3. The van der Waals surface area contributed by atoms with E-state index in [0.717, 1.165) is 30.4 Å². The number of piperidine rings is 1. The third-order valence-corrected chi connectivity index (χ3v) is 6.20. The van der Waals surface area contributed by atoms with Crippen molar-refractivity contribution in [2.45, 2.75) is 64.5 Å². The van der Waals surface area contributed by atoms with E-state index in [1.54, 1.807) is 11.1 Å². The summed E-state index contributed by atoms with van der Waals surface area (Å²) in [7, 11) is 0. The Morgan fingerprint density at radius 3 is 2.62 bits per heavy atom. The molecule has 34 heavy (non-hydrogen) atoms. The second-order valence-electron chi connectivity index (χ2n) is 10.2. The van der Waals surface area contributed by atoms with E-state index >= 15 is 0 Å². The number of anilines is 1. The normalized spacial score (nSPS) is 17.2. The molecule has 10 nitrogen and oxygen atoms in total. The van der Waals surface area contributed by atoms with Gasteiger partial charge in [0.15, 0.2) is 0 Å². The van der Waals surface area contributed by atoms with E-state index in [1.165, 1.54) is 12.8 Å². The Hall–Kier alpha value is -3.43. The van der Waals surface area contributed by atoms with Crippen molar-refractivity contribution in [1.29, 1.82) is 0 Å². The molecule has 0 radical (unpaired) electrons. The van der Waals surface area contributed by atoms with Crippen molar-refractivity contribution >= 4 is 11.9 Å². The summed E-state index contributed by atoms with van der Waals surface area (Å²) in [6, 6.07) is 2.14. The summed E-state index contributed by atoms with van der Waals surface area (Å²) >= 11 is 0. The van der Waals surface area contributed by atoms with Crippen LogP contribution in [0, 0.1) is 5.92 Å². The third kappa shape index (κ3) is 5.05. The first-order valence-electron chi connectivity index (χ1n) is 11.9. The molecule has 3 aromatic heterocycles. The molecular weight excluding hydrogens is 434 g/mol. The van der Waals surface area contributed by atoms with Gasteiger partial charge in [-0.15, -0.1) is 10.2 Å². The number of pyridine rings is 1. The van der Waals surface area contributed by atoms with Gasteiger partial charge in [-0.25, -0.2) is 9.78 Å². The smallest absolute Gasteiger partial charge is 0.410 e. The summed E-state index contributed by atoms with van der Waals surface area (Å²) in [5.41, 5.74) is 8.07. The van der Waals surface area contributed by atoms with Crippen LogP contribution in [0.15, 0.2) is 29.1 Å². The van der Waals surface area contributed by atoms with Gasteiger partial charge < -0.3 is 19.8 Å². The quantitative estimate of drug-likeness (QED) is 0.597. The van der Waals surface area contributed by atoms with Crippen LogP contribution in [0.25, 0.3) is 22.6 Å². The highest BCUT2D eigenvalue weighted by Gasteiger charge is 2.28. The van der Waals surface area contributed by atoms with Crippen LogP contribution in [0.1, 0.15) is 58.4 Å². The lowest BCUT2D eigenvalue weighted by atomic mass is 10.1. The maximum Gasteiger partial charge on any atom is 0.410 e. The van der Waals surface area contributed by atoms with Gasteiger partial charge in [0.25, 0.3) is 5.89 Å². The summed E-state index contributed by atoms with van der Waals surface area (Å²) in [6.45, 7) is 6.93. The van der Waals surface area contributed by atoms with Crippen molar-refractivity contribution in [2.75, 3.05) is 18.8 Å². The molecule has 2 aliphatic rings. The van der Waals surface area contributed by atoms with Crippen LogP contribution in [0.2, 0.25) is 0 Å². The number of nitrogen functional groups attached to an aromatic ring is 1. The zero-order valence-corrected chi connectivity index (χ0v) is 19.9. The summed E-state index contributed by atoms with van der Waals surface area (Å²) < 4.78 is 13.3. The minimum atomic E-state index is -0.489. The number of nitrogens with two attached hydrogens (primary N) is 1. The van der Waals surface area contributed by atoms with E-state index in [1.807, 2.05) is 43.9 Å². The third-order valence-electron chi connectivity index (χ3n) is 6.20. The molecule has 10 heteroatoms. The molecule has 5 rings (SSSR count). The van der Waals surface area contributed by atoms with Gasteiger partial charge in [-0.1, -0.05) is 0 Å². The largest absolute Gasteiger partial charge is 0.444 e. The molecule has 1 amide bonds. The minimum Gasteiger partial charge on any atom is -0.444 e. The van der Waals surface area contributed by atoms with Crippen LogP contribution in [0.3, 0.4) is 0 Å². The first kappa shape index (κ1) is 22.4. The van der Waals surface area contributed by atoms with Crippen molar-refractivity contribution in [3.05, 3.63) is 30.5 Å². The Balaban J connectivity index is 1.26. The fourth-order valence-corrected chi connectivity index (χ4v) is 4.14. The van der Waals surface area contributed by atoms with Gasteiger partial charge in [-0.05, 0) is 58.4 Å². The van der Waals surface area contributed by atoms with Crippen LogP contribution >= 0.6 is 0 Å². The Bertz CT molecular complexity index is 1170. The van der Waals surface area contributed by atoms with E-state index in [4.69, 9.17) is 14.9 Å². The van der Waals surface area contributed by atoms with Crippen molar-refractivity contribution in [2.24, 2.45) is 5.92 Å². The van der Waals surface area contributed by atoms with E-state index in [-0.39, 0.29) is 12.1 Å². The number of amides is 1. The zero-order chi connectivity index (χ0) is 23.9. The Kier molecular flexibility index (Phi) is 5.75. The molecule has 0 spiro atoms. The second-order valence-corrected chi connectivity index (χ2v) is 10.2. The van der Waals surface area contributed by atoms with E-state index in [0.29, 0.717) is 42.2 Å². The highest BCUT2D eigenvalue weighted by molar-refractivity contribution is 5.74. The van der Waals surface area contributed by atoms with Gasteiger partial charge in [0, 0.05) is 43.0 Å². The number of rotatable bonds is 5. The number of carbonyl (C=O) groups is 1. The van der Waals surface area contributed by atoms with Gasteiger partial charge in [0.1, 0.15) is 11.4 Å². The number of likely N-dealkylation sites (tertiary alicyclic amines) is 1. The SMILES string of the molecule is CC(C)(C)OC(=O)N1CCC(n2cc(-c3cnc(N)c(-c4nnc(CC5CC5)o4)c3)cn2)CC1. The molecule has 2 fully saturated rings. The van der Waals surface area contributed by atoms with E-state index < -0.39 is 5.60 Å². The van der Waals surface area contributed by atoms with Gasteiger partial charge >= 0.3 is 6.09 Å². The lowest BCUT2D eigenvalue weighted by molar-refractivity contribution is 0.0185. The highest BCUT2D eigenvalue weighted by Crippen LogP contribution is 2.34. The van der Waals surface area contributed by atoms with Crippen molar-refractivity contribution in [3.63, 3.8) is 0 Å². The van der Waals surface area contributed by atoms with Gasteiger partial charge in [-0.3, -0.25) is 4.68 Å². The molecule has 1 saturated heterocycles. The molecule has 0 atom stereocenters. The minimum absolute atomic E-state index is 0.217. The molecule has 3 aromatic rings. The molecule has 0 bridgehead atoms. The van der Waals surface area contributed by atoms with E-state index in [2.05, 4.69) is 20.3 Å². The molecule has 1 saturated carbocycles. The lowest BCUT2D eigenvalue weighted by Crippen LogP contribution is -2.42. The molecule has 180 valence electrons. The summed E-state index contributed by atoms with van der Waals surface area (Å²) in [5, 5.41) is 12.9. The maximum atomic E-state index is 12.3. The fraction of sp³-hybridized carbons (Fsp3) is 0.542. The molecule has 0 unspecified atom stereocenters.